The molecule has 0 radical (unpaired) electrons. The molecule has 3 aromatic carbocycles. The number of nitrogens with one attached hydrogen (secondary N) is 1. The van der Waals surface area contributed by atoms with Crippen molar-refractivity contribution in [3.05, 3.63) is 119 Å². The molecule has 2 aromatic heterocycles. The van der Waals surface area contributed by atoms with Crippen LogP contribution in [0, 0.1) is 13.8 Å². The van der Waals surface area contributed by atoms with Crippen molar-refractivity contribution in [1.29, 1.82) is 0 Å². The Kier molecular flexibility index (Phi) is 7.53. The fraction of sp³-hybridized carbons (Fsp3) is 0.212. The second kappa shape index (κ2) is 11.4. The predicted molar refractivity (Wildman–Crippen MR) is 164 cm³/mol. The van der Waals surface area contributed by atoms with Crippen LogP contribution in [0.15, 0.2) is 95.9 Å². The zero-order valence-corrected chi connectivity index (χ0v) is 24.7. The van der Waals surface area contributed by atoms with Crippen molar-refractivity contribution in [3.63, 3.8) is 0 Å². The molecule has 0 fully saturated rings. The van der Waals surface area contributed by atoms with E-state index in [1.165, 1.54) is 16.8 Å². The van der Waals surface area contributed by atoms with Gasteiger partial charge in [0.25, 0.3) is 10.0 Å². The largest absolute Gasteiger partial charge is 0.497 e. The Labute approximate surface area is 246 Å². The van der Waals surface area contributed by atoms with Crippen molar-refractivity contribution in [2.24, 2.45) is 0 Å². The number of rotatable bonds is 8. The number of hydrogen-bond donors (Lipinski definition) is 1. The summed E-state index contributed by atoms with van der Waals surface area (Å²) in [6.07, 6.45) is 0.879. The monoisotopic (exact) mass is 579 g/mol. The molecule has 0 saturated carbocycles. The van der Waals surface area contributed by atoms with Crippen molar-refractivity contribution >= 4 is 16.0 Å². The molecule has 42 heavy (non-hydrogen) atoms. The van der Waals surface area contributed by atoms with Gasteiger partial charge in [-0.2, -0.15) is 0 Å². The maximum atomic E-state index is 13.2. The van der Waals surface area contributed by atoms with Gasteiger partial charge in [0.15, 0.2) is 0 Å². The minimum absolute atomic E-state index is 0.0675. The van der Waals surface area contributed by atoms with Gasteiger partial charge >= 0.3 is 0 Å². The second-order valence-corrected chi connectivity index (χ2v) is 12.3. The average Bonchev–Trinajstić information content (AvgIpc) is 3.36. The summed E-state index contributed by atoms with van der Waals surface area (Å²) in [6, 6.07) is 29.6. The molecule has 0 atom stereocenters. The first-order valence-corrected chi connectivity index (χ1v) is 15.4. The van der Waals surface area contributed by atoms with Crippen LogP contribution < -0.4 is 9.46 Å². The minimum atomic E-state index is -3.86. The quantitative estimate of drug-likeness (QED) is 0.246. The molecule has 0 aliphatic carbocycles. The average molecular weight is 580 g/mol. The Morgan fingerprint density at radius 2 is 1.57 bits per heavy atom. The van der Waals surface area contributed by atoms with Crippen LogP contribution in [-0.4, -0.2) is 41.5 Å². The maximum absolute atomic E-state index is 13.2. The number of hydrogen-bond acceptors (Lipinski definition) is 6. The molecule has 9 heteroatoms. The maximum Gasteiger partial charge on any atom is 0.264 e. The topological polar surface area (TPSA) is 89.3 Å². The van der Waals surface area contributed by atoms with Gasteiger partial charge in [-0.05, 0) is 91.2 Å². The molecule has 1 N–H and O–H groups in total. The molecule has 0 spiro atoms. The molecule has 0 saturated heterocycles. The molecule has 1 aliphatic heterocycles. The van der Waals surface area contributed by atoms with Crippen molar-refractivity contribution in [2.45, 2.75) is 38.3 Å². The fourth-order valence-electron chi connectivity index (χ4n) is 5.57. The first-order chi connectivity index (χ1) is 20.3. The summed E-state index contributed by atoms with van der Waals surface area (Å²) in [5, 5.41) is 0. The molecule has 1 aliphatic rings. The van der Waals surface area contributed by atoms with Gasteiger partial charge in [-0.25, -0.2) is 23.1 Å². The van der Waals surface area contributed by atoms with Gasteiger partial charge < -0.3 is 9.30 Å². The lowest BCUT2D eigenvalue weighted by molar-refractivity contribution is 0.244. The molecule has 214 valence electrons. The Hall–Kier alpha value is -4.47. The Morgan fingerprint density at radius 3 is 2.24 bits per heavy atom. The molecular formula is C33H33N5O3S. The highest BCUT2D eigenvalue weighted by atomic mass is 32.2. The third kappa shape index (κ3) is 5.79. The van der Waals surface area contributed by atoms with E-state index in [1.54, 1.807) is 39.2 Å². The molecule has 0 bridgehead atoms. The van der Waals surface area contributed by atoms with E-state index in [2.05, 4.69) is 66.6 Å². The summed E-state index contributed by atoms with van der Waals surface area (Å²) in [7, 11) is -2.20. The fourth-order valence-corrected chi connectivity index (χ4v) is 6.51. The summed E-state index contributed by atoms with van der Waals surface area (Å²) in [6.45, 7) is 6.28. The number of methoxy groups -OCH3 is 1. The third-order valence-electron chi connectivity index (χ3n) is 7.50. The summed E-state index contributed by atoms with van der Waals surface area (Å²) in [4.78, 5) is 11.1. The highest BCUT2D eigenvalue weighted by Crippen LogP contribution is 2.34. The van der Waals surface area contributed by atoms with E-state index in [0.29, 0.717) is 11.4 Å². The number of benzene rings is 3. The summed E-state index contributed by atoms with van der Waals surface area (Å²) in [5.41, 5.74) is 8.22. The smallest absolute Gasteiger partial charge is 0.264 e. The third-order valence-corrected chi connectivity index (χ3v) is 8.84. The van der Waals surface area contributed by atoms with Crippen LogP contribution in [0.3, 0.4) is 0 Å². The number of ether oxygens (including phenoxy) is 1. The van der Waals surface area contributed by atoms with Gasteiger partial charge in [-0.3, -0.25) is 4.90 Å². The lowest BCUT2D eigenvalue weighted by atomic mass is 10.1. The van der Waals surface area contributed by atoms with Gasteiger partial charge in [0.2, 0.25) is 5.95 Å². The Morgan fingerprint density at radius 1 is 0.881 bits per heavy atom. The highest BCUT2D eigenvalue weighted by Gasteiger charge is 2.25. The number of nitrogens with zero attached hydrogens (tertiary/aromatic N) is 4. The van der Waals surface area contributed by atoms with E-state index in [1.807, 2.05) is 30.3 Å². The highest BCUT2D eigenvalue weighted by molar-refractivity contribution is 7.92. The number of anilines is 1. The van der Waals surface area contributed by atoms with Crippen LogP contribution in [0.1, 0.15) is 28.2 Å². The lowest BCUT2D eigenvalue weighted by Gasteiger charge is -2.28. The van der Waals surface area contributed by atoms with Crippen molar-refractivity contribution in [1.82, 2.24) is 19.4 Å². The molecule has 0 amide bonds. The van der Waals surface area contributed by atoms with Crippen LogP contribution in [0.4, 0.5) is 5.95 Å². The van der Waals surface area contributed by atoms with E-state index in [4.69, 9.17) is 4.74 Å². The second-order valence-electron chi connectivity index (χ2n) is 10.6. The summed E-state index contributed by atoms with van der Waals surface area (Å²) < 4.78 is 36.5. The van der Waals surface area contributed by atoms with Crippen LogP contribution in [0.5, 0.6) is 5.75 Å². The van der Waals surface area contributed by atoms with E-state index in [-0.39, 0.29) is 10.8 Å². The van der Waals surface area contributed by atoms with E-state index < -0.39 is 10.0 Å². The van der Waals surface area contributed by atoms with Gasteiger partial charge in [0.05, 0.1) is 17.7 Å². The standard InChI is InChI=1S/C33H33N5O3S/c1-23-19-24(2)35-33(34-23)36-42(39,40)30-15-11-28(12-16-30)38-31-17-18-37(21-25-7-5-4-6-8-25)22-27(31)20-32(38)26-9-13-29(41-3)14-10-26/h4-16,19-20H,17-18,21-22H2,1-3H3,(H,34,35,36). The molecule has 5 aromatic rings. The predicted octanol–water partition coefficient (Wildman–Crippen LogP) is 5.92. The first-order valence-electron chi connectivity index (χ1n) is 13.9. The normalized spacial score (nSPS) is 13.5. The number of fused-ring (bicyclic) bond motifs is 1. The van der Waals surface area contributed by atoms with E-state index in [9.17, 15) is 8.42 Å². The van der Waals surface area contributed by atoms with Gasteiger partial charge in [0.1, 0.15) is 5.75 Å². The molecule has 6 rings (SSSR count). The van der Waals surface area contributed by atoms with Gasteiger partial charge in [-0.15, -0.1) is 0 Å². The summed E-state index contributed by atoms with van der Waals surface area (Å²) in [5.74, 6) is 0.864. The van der Waals surface area contributed by atoms with Crippen LogP contribution >= 0.6 is 0 Å². The Balaban J connectivity index is 1.34. The summed E-state index contributed by atoms with van der Waals surface area (Å²) >= 11 is 0. The van der Waals surface area contributed by atoms with Crippen molar-refractivity contribution < 1.29 is 13.2 Å². The van der Waals surface area contributed by atoms with Gasteiger partial charge in [-0.1, -0.05) is 30.3 Å². The van der Waals surface area contributed by atoms with E-state index in [0.717, 1.165) is 48.7 Å². The molecule has 3 heterocycles. The number of aryl methyl sites for hydroxylation is 2. The SMILES string of the molecule is COc1ccc(-c2cc3c(n2-c2ccc(S(=O)(=O)Nc4nc(C)cc(C)n4)cc2)CCN(Cc2ccccc2)C3)cc1. The van der Waals surface area contributed by atoms with Crippen molar-refractivity contribution in [2.75, 3.05) is 18.4 Å². The minimum Gasteiger partial charge on any atom is -0.497 e. The molecule has 8 nitrogen and oxygen atoms in total. The number of aromatic nitrogens is 3. The lowest BCUT2D eigenvalue weighted by Crippen LogP contribution is -2.30. The van der Waals surface area contributed by atoms with Crippen LogP contribution in [0.25, 0.3) is 16.9 Å². The van der Waals surface area contributed by atoms with E-state index >= 15 is 0 Å². The number of sulfonamides is 1. The zero-order valence-electron chi connectivity index (χ0n) is 23.9. The van der Waals surface area contributed by atoms with Crippen LogP contribution in [0.2, 0.25) is 0 Å². The van der Waals surface area contributed by atoms with Crippen LogP contribution in [-0.2, 0) is 29.5 Å². The first kappa shape index (κ1) is 27.7. The van der Waals surface area contributed by atoms with Crippen molar-refractivity contribution in [3.8, 4) is 22.7 Å². The molecular weight excluding hydrogens is 546 g/mol. The van der Waals surface area contributed by atoms with Gasteiger partial charge in [0, 0.05) is 48.8 Å². The zero-order chi connectivity index (χ0) is 29.3. The molecule has 0 unspecified atom stereocenters. The Bertz CT molecular complexity index is 1800.